The lowest BCUT2D eigenvalue weighted by Gasteiger charge is -1.90. The lowest BCUT2D eigenvalue weighted by Crippen LogP contribution is -2.00. The molecule has 0 bridgehead atoms. The summed E-state index contributed by atoms with van der Waals surface area (Å²) in [5, 5.41) is 25.5. The monoisotopic (exact) mass is 178 g/mol. The van der Waals surface area contributed by atoms with E-state index in [0.717, 1.165) is 5.41 Å². The summed E-state index contributed by atoms with van der Waals surface area (Å²) in [4.78, 5) is 19.8. The zero-order valence-corrected chi connectivity index (χ0v) is 6.17. The maximum atomic E-state index is 9.90. The number of carboxylic acids is 2. The molecule has 0 spiro atoms. The van der Waals surface area contributed by atoms with Crippen molar-refractivity contribution in [1.82, 2.24) is 0 Å². The number of carbonyl (C=O) groups is 2. The molecule has 0 aliphatic heterocycles. The van der Waals surface area contributed by atoms with Crippen LogP contribution in [0.5, 0.6) is 0 Å². The molecule has 0 unspecified atom stereocenters. The third-order valence-electron chi connectivity index (χ3n) is 0.621. The molecule has 5 nitrogen and oxygen atoms in total. The fourth-order valence-corrected chi connectivity index (χ4v) is 0.727. The summed E-state index contributed by atoms with van der Waals surface area (Å²) in [6.07, 6.45) is 0. The maximum Gasteiger partial charge on any atom is 0.371 e. The Balaban J connectivity index is 3.74. The number of aliphatic hydroxyl groups excluding tert-OH is 1. The molecule has 62 valence electrons. The van der Waals surface area contributed by atoms with Crippen molar-refractivity contribution in [3.8, 4) is 0 Å². The molecule has 0 radical (unpaired) electrons. The number of thioether (sulfide) groups is 1. The van der Waals surface area contributed by atoms with Crippen LogP contribution in [0.15, 0.2) is 11.2 Å². The van der Waals surface area contributed by atoms with Gasteiger partial charge in [-0.3, -0.25) is 4.79 Å². The van der Waals surface area contributed by atoms with Crippen molar-refractivity contribution in [3.63, 3.8) is 0 Å². The van der Waals surface area contributed by atoms with Gasteiger partial charge in [0.15, 0.2) is 0 Å². The van der Waals surface area contributed by atoms with E-state index in [-0.39, 0.29) is 5.75 Å². The molecule has 0 aliphatic rings. The van der Waals surface area contributed by atoms with E-state index in [9.17, 15) is 9.59 Å². The van der Waals surface area contributed by atoms with Crippen LogP contribution in [0, 0.1) is 0 Å². The Morgan fingerprint density at radius 3 is 2.18 bits per heavy atom. The number of carboxylic acid groups (broad SMARTS) is 2. The highest BCUT2D eigenvalue weighted by atomic mass is 32.2. The number of rotatable bonds is 4. The van der Waals surface area contributed by atoms with Gasteiger partial charge in [0, 0.05) is 5.41 Å². The van der Waals surface area contributed by atoms with Crippen molar-refractivity contribution in [2.45, 2.75) is 0 Å². The Morgan fingerprint density at radius 2 is 1.82 bits per heavy atom. The van der Waals surface area contributed by atoms with Crippen LogP contribution in [0.1, 0.15) is 0 Å². The van der Waals surface area contributed by atoms with E-state index in [0.29, 0.717) is 11.8 Å². The van der Waals surface area contributed by atoms with Gasteiger partial charge in [-0.25, -0.2) is 4.79 Å². The van der Waals surface area contributed by atoms with Crippen molar-refractivity contribution >= 4 is 23.7 Å². The van der Waals surface area contributed by atoms with Crippen LogP contribution in [0.4, 0.5) is 0 Å². The molecule has 0 aromatic carbocycles. The van der Waals surface area contributed by atoms with Gasteiger partial charge in [-0.05, 0) is 0 Å². The van der Waals surface area contributed by atoms with Crippen LogP contribution in [0.3, 0.4) is 0 Å². The fourth-order valence-electron chi connectivity index (χ4n) is 0.242. The SMILES string of the molecule is O=C(O)CS/C=C(\O)C(=O)O. The first-order chi connectivity index (χ1) is 5.04. The second-order valence-electron chi connectivity index (χ2n) is 1.51. The molecule has 0 aromatic rings. The maximum absolute atomic E-state index is 9.90. The van der Waals surface area contributed by atoms with Gasteiger partial charge in [0.1, 0.15) is 0 Å². The van der Waals surface area contributed by atoms with Gasteiger partial charge in [0.2, 0.25) is 5.76 Å². The third-order valence-corrected chi connectivity index (χ3v) is 1.42. The van der Waals surface area contributed by atoms with E-state index in [1.165, 1.54) is 0 Å². The summed E-state index contributed by atoms with van der Waals surface area (Å²) in [5.74, 6) is -3.65. The Kier molecular flexibility index (Phi) is 4.12. The highest BCUT2D eigenvalue weighted by Crippen LogP contribution is 2.04. The molecule has 0 atom stereocenters. The summed E-state index contributed by atoms with van der Waals surface area (Å²) in [6, 6.07) is 0. The van der Waals surface area contributed by atoms with Crippen LogP contribution >= 0.6 is 11.8 Å². The molecule has 3 N–H and O–H groups in total. The molecule has 0 aliphatic carbocycles. The normalized spacial score (nSPS) is 11.1. The molecule has 0 rings (SSSR count). The van der Waals surface area contributed by atoms with Crippen molar-refractivity contribution in [2.75, 3.05) is 5.75 Å². The van der Waals surface area contributed by atoms with Gasteiger partial charge in [-0.2, -0.15) is 0 Å². The average molecular weight is 178 g/mol. The van der Waals surface area contributed by atoms with Gasteiger partial charge in [0.25, 0.3) is 0 Å². The number of aliphatic carboxylic acids is 2. The van der Waals surface area contributed by atoms with Crippen LogP contribution in [-0.2, 0) is 9.59 Å². The standard InChI is InChI=1S/C5H6O5S/c6-3(5(9)10)1-11-2-4(7)8/h1,6H,2H2,(H,7,8)(H,9,10)/b3-1-. The Labute approximate surface area is 66.3 Å². The van der Waals surface area contributed by atoms with Crippen LogP contribution in [-0.4, -0.2) is 33.0 Å². The van der Waals surface area contributed by atoms with Gasteiger partial charge in [0.05, 0.1) is 5.75 Å². The smallest absolute Gasteiger partial charge is 0.371 e. The minimum absolute atomic E-state index is 0.267. The molecule has 0 heterocycles. The molecule has 0 aromatic heterocycles. The molecule has 0 fully saturated rings. The molecular formula is C5H6O5S. The van der Waals surface area contributed by atoms with Crippen molar-refractivity contribution < 1.29 is 24.9 Å². The minimum atomic E-state index is -1.47. The minimum Gasteiger partial charge on any atom is -0.501 e. The van der Waals surface area contributed by atoms with Crippen LogP contribution in [0.25, 0.3) is 0 Å². The second kappa shape index (κ2) is 4.62. The average Bonchev–Trinajstić information content (AvgIpc) is 1.86. The molecule has 0 saturated carbocycles. The summed E-state index contributed by atoms with van der Waals surface area (Å²) >= 11 is 0.705. The Morgan fingerprint density at radius 1 is 1.27 bits per heavy atom. The third kappa shape index (κ3) is 5.28. The first kappa shape index (κ1) is 9.83. The van der Waals surface area contributed by atoms with Crippen LogP contribution < -0.4 is 0 Å². The molecular weight excluding hydrogens is 172 g/mol. The molecule has 6 heteroatoms. The Bertz CT molecular complexity index is 197. The number of aliphatic hydroxyl groups is 1. The van der Waals surface area contributed by atoms with Crippen molar-refractivity contribution in [2.24, 2.45) is 0 Å². The van der Waals surface area contributed by atoms with E-state index in [1.54, 1.807) is 0 Å². The fraction of sp³-hybridized carbons (Fsp3) is 0.200. The van der Waals surface area contributed by atoms with Crippen molar-refractivity contribution in [3.05, 3.63) is 11.2 Å². The van der Waals surface area contributed by atoms with Crippen molar-refractivity contribution in [1.29, 1.82) is 0 Å². The summed E-state index contributed by atoms with van der Waals surface area (Å²) in [5.41, 5.74) is 0. The van der Waals surface area contributed by atoms with E-state index in [1.807, 2.05) is 0 Å². The second-order valence-corrected chi connectivity index (χ2v) is 2.37. The Hall–Kier alpha value is -1.17. The molecule has 0 saturated heterocycles. The predicted molar refractivity (Wildman–Crippen MR) is 38.4 cm³/mol. The van der Waals surface area contributed by atoms with Gasteiger partial charge in [-0.15, -0.1) is 11.8 Å². The van der Waals surface area contributed by atoms with Gasteiger partial charge < -0.3 is 15.3 Å². The first-order valence-corrected chi connectivity index (χ1v) is 3.54. The van der Waals surface area contributed by atoms with E-state index >= 15 is 0 Å². The van der Waals surface area contributed by atoms with E-state index < -0.39 is 17.7 Å². The summed E-state index contributed by atoms with van der Waals surface area (Å²) in [7, 11) is 0. The zero-order valence-electron chi connectivity index (χ0n) is 5.35. The number of hydrogen-bond acceptors (Lipinski definition) is 4. The highest BCUT2D eigenvalue weighted by molar-refractivity contribution is 8.02. The summed E-state index contributed by atoms with van der Waals surface area (Å²) in [6.45, 7) is 0. The van der Waals surface area contributed by atoms with E-state index in [2.05, 4.69) is 0 Å². The van der Waals surface area contributed by atoms with Gasteiger partial charge >= 0.3 is 11.9 Å². The largest absolute Gasteiger partial charge is 0.501 e. The number of hydrogen-bond donors (Lipinski definition) is 3. The quantitative estimate of drug-likeness (QED) is 0.423. The zero-order chi connectivity index (χ0) is 8.85. The van der Waals surface area contributed by atoms with Crippen LogP contribution in [0.2, 0.25) is 0 Å². The molecule has 0 amide bonds. The highest BCUT2D eigenvalue weighted by Gasteiger charge is 2.03. The lowest BCUT2D eigenvalue weighted by atomic mass is 10.6. The summed E-state index contributed by atoms with van der Waals surface area (Å²) < 4.78 is 0. The van der Waals surface area contributed by atoms with Gasteiger partial charge in [-0.1, -0.05) is 0 Å². The van der Waals surface area contributed by atoms with E-state index in [4.69, 9.17) is 15.3 Å². The topological polar surface area (TPSA) is 94.8 Å². The predicted octanol–water partition coefficient (Wildman–Crippen LogP) is 0.288. The first-order valence-electron chi connectivity index (χ1n) is 2.50. The molecule has 11 heavy (non-hydrogen) atoms. The lowest BCUT2D eigenvalue weighted by molar-refractivity contribution is -0.136.